The number of likely N-dealkylation sites (tertiary alicyclic amines) is 1. The molecule has 3 aromatic rings. The van der Waals surface area contributed by atoms with Crippen molar-refractivity contribution in [2.45, 2.75) is 45.1 Å². The van der Waals surface area contributed by atoms with Gasteiger partial charge < -0.3 is 4.90 Å². The molecule has 0 atom stereocenters. The molecule has 3 heterocycles. The van der Waals surface area contributed by atoms with Gasteiger partial charge in [-0.05, 0) is 52.9 Å². The van der Waals surface area contributed by atoms with Crippen LogP contribution in [0.15, 0.2) is 36.7 Å². The van der Waals surface area contributed by atoms with E-state index in [1.165, 1.54) is 5.69 Å². The molecule has 1 aliphatic rings. The Kier molecular flexibility index (Phi) is 5.18. The molecular weight excluding hydrogens is 354 g/mol. The molecule has 0 aliphatic carbocycles. The molecule has 28 heavy (non-hydrogen) atoms. The molecule has 0 bridgehead atoms. The molecule has 0 saturated carbocycles. The van der Waals surface area contributed by atoms with Crippen molar-refractivity contribution >= 4 is 5.91 Å². The molecule has 1 N–H and O–H groups in total. The van der Waals surface area contributed by atoms with E-state index in [4.69, 9.17) is 0 Å². The first-order chi connectivity index (χ1) is 13.6. The molecule has 0 unspecified atom stereocenters. The lowest BCUT2D eigenvalue weighted by atomic mass is 9.92. The molecule has 4 rings (SSSR count). The SMILES string of the molecule is CC(C)c1cc(C2CCN(C(=O)c3ccc(Cn4cnnn4)cc3)CC2)[nH]n1. The number of carbonyl (C=O) groups excluding carboxylic acids is 1. The van der Waals surface area contributed by atoms with Crippen molar-refractivity contribution in [1.29, 1.82) is 0 Å². The third kappa shape index (κ3) is 3.95. The molecule has 0 spiro atoms. The highest BCUT2D eigenvalue weighted by molar-refractivity contribution is 5.94. The van der Waals surface area contributed by atoms with Gasteiger partial charge in [-0.15, -0.1) is 5.10 Å². The maximum Gasteiger partial charge on any atom is 0.253 e. The standard InChI is InChI=1S/C20H25N7O/c1-14(2)18-11-19(23-22-18)16-7-9-26(10-8-16)20(28)17-5-3-15(4-6-17)12-27-13-21-24-25-27/h3-6,11,13-14,16H,7-10,12H2,1-2H3,(H,22,23). The third-order valence-electron chi connectivity index (χ3n) is 5.37. The van der Waals surface area contributed by atoms with E-state index < -0.39 is 0 Å². The number of amides is 1. The summed E-state index contributed by atoms with van der Waals surface area (Å²) in [7, 11) is 0. The molecule has 1 aliphatic heterocycles. The van der Waals surface area contributed by atoms with E-state index in [1.54, 1.807) is 11.0 Å². The van der Waals surface area contributed by atoms with E-state index in [1.807, 2.05) is 29.2 Å². The lowest BCUT2D eigenvalue weighted by molar-refractivity contribution is 0.0712. The predicted molar refractivity (Wildman–Crippen MR) is 104 cm³/mol. The second-order valence-electron chi connectivity index (χ2n) is 7.67. The zero-order valence-corrected chi connectivity index (χ0v) is 16.2. The van der Waals surface area contributed by atoms with Crippen LogP contribution in [0.3, 0.4) is 0 Å². The Balaban J connectivity index is 1.34. The van der Waals surface area contributed by atoms with Crippen molar-refractivity contribution < 1.29 is 4.79 Å². The lowest BCUT2D eigenvalue weighted by Gasteiger charge is -2.31. The highest BCUT2D eigenvalue weighted by Gasteiger charge is 2.26. The number of hydrogen-bond donors (Lipinski definition) is 1. The number of aromatic nitrogens is 6. The van der Waals surface area contributed by atoms with Crippen LogP contribution in [0.5, 0.6) is 0 Å². The number of nitrogens with zero attached hydrogens (tertiary/aromatic N) is 6. The van der Waals surface area contributed by atoms with Crippen LogP contribution in [-0.2, 0) is 6.54 Å². The van der Waals surface area contributed by atoms with Crippen LogP contribution in [0.4, 0.5) is 0 Å². The first-order valence-corrected chi connectivity index (χ1v) is 9.74. The molecule has 0 radical (unpaired) electrons. The number of H-pyrrole nitrogens is 1. The first-order valence-electron chi connectivity index (χ1n) is 9.74. The molecule has 8 heteroatoms. The Morgan fingerprint density at radius 1 is 1.21 bits per heavy atom. The van der Waals surface area contributed by atoms with Gasteiger partial charge in [0.2, 0.25) is 0 Å². The quantitative estimate of drug-likeness (QED) is 0.735. The van der Waals surface area contributed by atoms with Crippen molar-refractivity contribution in [3.8, 4) is 0 Å². The van der Waals surface area contributed by atoms with Crippen molar-refractivity contribution in [2.75, 3.05) is 13.1 Å². The smallest absolute Gasteiger partial charge is 0.253 e. The number of hydrogen-bond acceptors (Lipinski definition) is 5. The predicted octanol–water partition coefficient (Wildman–Crippen LogP) is 2.59. The Bertz CT molecular complexity index is 906. The summed E-state index contributed by atoms with van der Waals surface area (Å²) in [6.07, 6.45) is 3.50. The largest absolute Gasteiger partial charge is 0.339 e. The number of rotatable bonds is 5. The van der Waals surface area contributed by atoms with Crippen LogP contribution in [0.25, 0.3) is 0 Å². The Labute approximate surface area is 163 Å². The van der Waals surface area contributed by atoms with E-state index in [-0.39, 0.29) is 5.91 Å². The second kappa shape index (κ2) is 7.92. The van der Waals surface area contributed by atoms with Crippen LogP contribution in [0.1, 0.15) is 65.8 Å². The van der Waals surface area contributed by atoms with Crippen molar-refractivity contribution in [2.24, 2.45) is 0 Å². The normalized spacial score (nSPS) is 15.3. The zero-order chi connectivity index (χ0) is 19.5. The molecule has 2 aromatic heterocycles. The van der Waals surface area contributed by atoms with Crippen molar-refractivity contribution in [3.63, 3.8) is 0 Å². The average molecular weight is 379 g/mol. The fourth-order valence-corrected chi connectivity index (χ4v) is 3.63. The van der Waals surface area contributed by atoms with Gasteiger partial charge >= 0.3 is 0 Å². The van der Waals surface area contributed by atoms with Crippen LogP contribution < -0.4 is 0 Å². The number of benzene rings is 1. The van der Waals surface area contributed by atoms with E-state index in [2.05, 4.69) is 45.6 Å². The maximum atomic E-state index is 12.8. The van der Waals surface area contributed by atoms with Gasteiger partial charge in [0.25, 0.3) is 5.91 Å². The summed E-state index contributed by atoms with van der Waals surface area (Å²) in [6.45, 7) is 6.43. The van der Waals surface area contributed by atoms with Gasteiger partial charge in [-0.25, -0.2) is 4.68 Å². The van der Waals surface area contributed by atoms with Gasteiger partial charge in [-0.2, -0.15) is 5.10 Å². The van der Waals surface area contributed by atoms with Gasteiger partial charge in [0.15, 0.2) is 0 Å². The number of tetrazole rings is 1. The number of nitrogens with one attached hydrogen (secondary N) is 1. The van der Waals surface area contributed by atoms with Crippen LogP contribution in [0, 0.1) is 0 Å². The monoisotopic (exact) mass is 379 g/mol. The molecule has 8 nitrogen and oxygen atoms in total. The van der Waals surface area contributed by atoms with Gasteiger partial charge in [0.05, 0.1) is 12.2 Å². The Morgan fingerprint density at radius 3 is 2.57 bits per heavy atom. The van der Waals surface area contributed by atoms with E-state index >= 15 is 0 Å². The summed E-state index contributed by atoms with van der Waals surface area (Å²) in [4.78, 5) is 14.8. The van der Waals surface area contributed by atoms with E-state index in [9.17, 15) is 4.79 Å². The summed E-state index contributed by atoms with van der Waals surface area (Å²) < 4.78 is 1.65. The first kappa shape index (κ1) is 18.3. The fraction of sp³-hybridized carbons (Fsp3) is 0.450. The summed E-state index contributed by atoms with van der Waals surface area (Å²) in [5.41, 5.74) is 4.09. The second-order valence-corrected chi connectivity index (χ2v) is 7.67. The summed E-state index contributed by atoms with van der Waals surface area (Å²) in [5, 5.41) is 18.7. The van der Waals surface area contributed by atoms with Gasteiger partial charge in [0, 0.05) is 30.3 Å². The van der Waals surface area contributed by atoms with Crippen molar-refractivity contribution in [3.05, 3.63) is 59.2 Å². The molecule has 1 fully saturated rings. The summed E-state index contributed by atoms with van der Waals surface area (Å²) >= 11 is 0. The van der Waals surface area contributed by atoms with E-state index in [0.717, 1.165) is 42.8 Å². The number of carbonyl (C=O) groups is 1. The highest BCUT2D eigenvalue weighted by Crippen LogP contribution is 2.29. The van der Waals surface area contributed by atoms with Crippen molar-refractivity contribution in [1.82, 2.24) is 35.3 Å². The Morgan fingerprint density at radius 2 is 1.96 bits per heavy atom. The van der Waals surface area contributed by atoms with E-state index in [0.29, 0.717) is 18.4 Å². The highest BCUT2D eigenvalue weighted by atomic mass is 16.2. The number of aromatic amines is 1. The van der Waals surface area contributed by atoms with Gasteiger partial charge in [-0.3, -0.25) is 9.89 Å². The molecular formula is C20H25N7O. The molecule has 1 amide bonds. The Hall–Kier alpha value is -3.03. The van der Waals surface area contributed by atoms with Crippen LogP contribution >= 0.6 is 0 Å². The fourth-order valence-electron chi connectivity index (χ4n) is 3.63. The molecule has 1 saturated heterocycles. The summed E-state index contributed by atoms with van der Waals surface area (Å²) in [5.74, 6) is 0.970. The van der Waals surface area contributed by atoms with Gasteiger partial charge in [-0.1, -0.05) is 26.0 Å². The molecule has 146 valence electrons. The topological polar surface area (TPSA) is 92.6 Å². The zero-order valence-electron chi connectivity index (χ0n) is 16.2. The third-order valence-corrected chi connectivity index (χ3v) is 5.37. The van der Waals surface area contributed by atoms with Gasteiger partial charge in [0.1, 0.15) is 6.33 Å². The van der Waals surface area contributed by atoms with Crippen LogP contribution in [-0.4, -0.2) is 54.3 Å². The average Bonchev–Trinajstić information content (AvgIpc) is 3.40. The minimum Gasteiger partial charge on any atom is -0.339 e. The minimum atomic E-state index is 0.0971. The lowest BCUT2D eigenvalue weighted by Crippen LogP contribution is -2.38. The number of piperidine rings is 1. The molecule has 1 aromatic carbocycles. The van der Waals surface area contributed by atoms with Crippen LogP contribution in [0.2, 0.25) is 0 Å². The maximum absolute atomic E-state index is 12.8. The summed E-state index contributed by atoms with van der Waals surface area (Å²) in [6, 6.07) is 9.87. The minimum absolute atomic E-state index is 0.0971.